The molecule has 0 radical (unpaired) electrons. The summed E-state index contributed by atoms with van der Waals surface area (Å²) in [5, 5.41) is 39.6. The van der Waals surface area contributed by atoms with E-state index in [0.717, 1.165) is 105 Å². The minimum Gasteiger partial charge on any atom is -0.480 e. The standard InChI is InChI=1S/C26H31N3O7.C18H17NO3.2C18H38.C17H15NO4.C10H20N2O3.2C2H6.CH4O.CH4.HI.H3N/c1-26(2,3)36-25(34)27-12-13-29(15-23(31)32)22(30)14-28-24(33)35-16-21-19-10-6-4-8-17(19)18-9-5-7-11-20(18)21;1-12(20)10-19-18(21)22-11-17-15-8-4-2-6-13(15)14-7-3-5-9-16(14)17;2*1-8-15(4)11-17(6)13-18(7)12-16(5)10-9-14(2)3;19-16(20)9-18-17(21)22-10-15-13-7-3-1-5-11(13)12-6-2-4-8-14(12)15;1-8(13)7-11-5-6-12-9(14)15-10(2,3)4;3*1-2;;;/h4-11,21H,12-16H2,1-3H3,(H,27,34)(H,28,33)(H,31,32);2-9,17H,10-11H2,1H3,(H,19,21);2*14-18H,8-13H2,1-7H3;1-8,15H,9-10H2,(H,18,21)(H,19,20);11H,5-7H2,1-4H3,(H,12,14);2*1-2H3;2H,1H3;1H4;1H;1H3/i;;2*9T;;;;;;;;. The van der Waals surface area contributed by atoms with E-state index in [2.05, 4.69) is 165 Å². The van der Waals surface area contributed by atoms with Crippen molar-refractivity contribution in [1.82, 2.24) is 43.0 Å². The zero-order chi connectivity index (χ0) is 105. The van der Waals surface area contributed by atoms with Crippen molar-refractivity contribution in [1.29, 1.82) is 0 Å². The molecule has 6 aromatic carbocycles. The monoisotopic (exact) mass is 2070 g/mol. The number of ketones is 2. The maximum absolute atomic E-state index is 12.5. The van der Waals surface area contributed by atoms with Gasteiger partial charge >= 0.3 is 42.4 Å². The van der Waals surface area contributed by atoms with Crippen LogP contribution < -0.4 is 38.1 Å². The third-order valence-corrected chi connectivity index (χ3v) is 22.6. The summed E-state index contributed by atoms with van der Waals surface area (Å²) >= 11 is 0. The number of Topliss-reactive ketones (excluding diaryl/α,β-unsaturated/α-hetero) is 2. The topological polar surface area (TPSA) is 388 Å². The number of halogens is 1. The van der Waals surface area contributed by atoms with Crippen LogP contribution >= 0.6 is 24.0 Å². The second-order valence-corrected chi connectivity index (χ2v) is 38.6. The number of benzene rings is 6. The van der Waals surface area contributed by atoms with Gasteiger partial charge < -0.3 is 82.0 Å². The predicted molar refractivity (Wildman–Crippen MR) is 582 cm³/mol. The van der Waals surface area contributed by atoms with Gasteiger partial charge in [0.25, 0.3) is 0 Å². The van der Waals surface area contributed by atoms with E-state index < -0.39 is 79.1 Å². The number of fused-ring (bicyclic) bond motifs is 9. The van der Waals surface area contributed by atoms with Gasteiger partial charge in [-0.3, -0.25) is 24.0 Å². The summed E-state index contributed by atoms with van der Waals surface area (Å²) < 4.78 is 42.1. The first-order chi connectivity index (χ1) is 65.7. The number of nitrogens with one attached hydrogen (secondary N) is 6. The fourth-order valence-corrected chi connectivity index (χ4v) is 16.5. The Balaban J connectivity index is -0.00000164. The molecular weight excluding hydrogens is 1880 g/mol. The lowest BCUT2D eigenvalue weighted by Gasteiger charge is -2.23. The first kappa shape index (κ1) is 130. The number of ether oxygens (including phenoxy) is 5. The van der Waals surface area contributed by atoms with Gasteiger partial charge in [-0.2, -0.15) is 0 Å². The maximum Gasteiger partial charge on any atom is 0.407 e. The number of hydrogen-bond donors (Lipinski definition) is 10. The molecule has 10 atom stereocenters. The molecule has 0 saturated carbocycles. The number of aliphatic hydroxyl groups excluding tert-OH is 1. The molecule has 27 heteroatoms. The van der Waals surface area contributed by atoms with Gasteiger partial charge in [0.15, 0.2) is 0 Å². The Bertz CT molecular complexity index is 4300. The molecule has 6 amide bonds. The van der Waals surface area contributed by atoms with Crippen LogP contribution in [0.4, 0.5) is 24.0 Å². The summed E-state index contributed by atoms with van der Waals surface area (Å²) in [4.78, 5) is 115. The van der Waals surface area contributed by atoms with E-state index in [1.54, 1.807) is 41.5 Å². The fraction of sp³-hybridized carbons (Fsp3) is 0.593. The average Bonchev–Trinajstić information content (AvgIpc) is 1.63. The molecule has 0 bridgehead atoms. The SMILES string of the molecule is C.CC.CC.CC(=O)CNC(=O)OCC1c2ccccc2-c2ccccc21.CC(=O)CNCCNC(=O)OC(C)(C)C.CC(C)(C)OC(=O)NCCN(CC(=O)O)C(=O)CNC(=O)OCC1c2ccccc2-c2ccccc21.CO.I.N.O=C(O)CNC(=O)OCC1c2ccccc2-c2ccccc21.[3H]C(CC(C)CC(C)CC(C)CC(C)CC)C(C)C.[3H]C(CC(C)CC(C)CC(C)CC(C)CC)C(C)C. The summed E-state index contributed by atoms with van der Waals surface area (Å²) in [5.74, 6) is 4.41. The number of carboxylic acids is 2. The minimum atomic E-state index is -1.22. The molecule has 6 aromatic rings. The highest BCUT2D eigenvalue weighted by molar-refractivity contribution is 14.0. The number of nitrogens with zero attached hydrogens (tertiary/aromatic N) is 1. The van der Waals surface area contributed by atoms with Crippen LogP contribution in [0.15, 0.2) is 146 Å². The van der Waals surface area contributed by atoms with E-state index >= 15 is 0 Å². The Labute approximate surface area is 862 Å². The van der Waals surface area contributed by atoms with Crippen LogP contribution in [0.3, 0.4) is 0 Å². The molecule has 9 rings (SSSR count). The Morgan fingerprint density at radius 3 is 0.900 bits per heavy atom. The van der Waals surface area contributed by atoms with Gasteiger partial charge in [0.05, 0.1) is 13.1 Å². The van der Waals surface area contributed by atoms with Crippen molar-refractivity contribution in [3.8, 4) is 33.4 Å². The minimum absolute atomic E-state index is 0. The highest BCUT2D eigenvalue weighted by atomic mass is 127. The highest BCUT2D eigenvalue weighted by Crippen LogP contribution is 2.47. The molecule has 3 aliphatic carbocycles. The Kier molecular flexibility index (Phi) is 68.8. The van der Waals surface area contributed by atoms with Gasteiger partial charge in [0, 0.05) is 53.8 Å². The smallest absolute Gasteiger partial charge is 0.407 e. The first-order valence-electron chi connectivity index (χ1n) is 50.8. The predicted octanol–water partition coefficient (Wildman–Crippen LogP) is 25.5. The van der Waals surface area contributed by atoms with Crippen LogP contribution in [0.5, 0.6) is 0 Å². The van der Waals surface area contributed by atoms with E-state index in [9.17, 15) is 47.9 Å². The number of amides is 6. The second-order valence-electron chi connectivity index (χ2n) is 38.6. The van der Waals surface area contributed by atoms with Crippen molar-refractivity contribution in [3.05, 3.63) is 179 Å². The Hall–Kier alpha value is -9.97. The average molecular weight is 2070 g/mol. The van der Waals surface area contributed by atoms with E-state index in [-0.39, 0.29) is 119 Å². The third kappa shape index (κ3) is 56.0. The summed E-state index contributed by atoms with van der Waals surface area (Å²) in [6.07, 6.45) is 9.90. The lowest BCUT2D eigenvalue weighted by molar-refractivity contribution is -0.144. The van der Waals surface area contributed by atoms with Gasteiger partial charge in [-0.15, -0.1) is 24.0 Å². The lowest BCUT2D eigenvalue weighted by Crippen LogP contribution is -2.46. The lowest BCUT2D eigenvalue weighted by atomic mass is 9.83. The molecule has 3 aliphatic rings. The number of carbonyl (C=O) groups is 10. The van der Waals surface area contributed by atoms with Crippen LogP contribution in [0, 0.1) is 59.2 Å². The third-order valence-electron chi connectivity index (χ3n) is 22.6. The number of alkyl carbamates (subject to hydrolysis) is 5. The van der Waals surface area contributed by atoms with Crippen molar-refractivity contribution >= 4 is 83.9 Å². The summed E-state index contributed by atoms with van der Waals surface area (Å²) in [5.41, 5.74) is 12.4. The number of aliphatic hydroxyl groups is 1. The zero-order valence-electron chi connectivity index (χ0n) is 91.1. The number of carboxylic acid groups (broad SMARTS) is 2. The second kappa shape index (κ2) is 74.0. The van der Waals surface area contributed by atoms with Crippen molar-refractivity contribution in [2.24, 2.45) is 59.2 Å². The summed E-state index contributed by atoms with van der Waals surface area (Å²) in [6, 6.07) is 48.2. The van der Waals surface area contributed by atoms with Crippen molar-refractivity contribution in [2.75, 3.05) is 85.8 Å². The van der Waals surface area contributed by atoms with E-state index in [4.69, 9.17) is 41.7 Å². The van der Waals surface area contributed by atoms with Crippen LogP contribution in [0.25, 0.3) is 33.4 Å². The Morgan fingerprint density at radius 2 is 0.636 bits per heavy atom. The van der Waals surface area contributed by atoms with E-state index in [1.165, 1.54) is 87.5 Å². The first-order valence-corrected chi connectivity index (χ1v) is 49.6. The van der Waals surface area contributed by atoms with Gasteiger partial charge in [0.2, 0.25) is 5.91 Å². The molecule has 0 fully saturated rings. The molecule has 140 heavy (non-hydrogen) atoms. The molecule has 0 heterocycles. The van der Waals surface area contributed by atoms with Crippen LogP contribution in [0.2, 0.25) is 0 Å². The van der Waals surface area contributed by atoms with E-state index in [0.29, 0.717) is 43.3 Å². The fourth-order valence-electron chi connectivity index (χ4n) is 16.5. The molecule has 0 aliphatic heterocycles. The number of hydrogen-bond acceptors (Lipinski definition) is 18. The quantitative estimate of drug-likeness (QED) is 0.00966. The number of rotatable bonds is 42. The normalized spacial score (nSPS) is 13.8. The van der Waals surface area contributed by atoms with Crippen molar-refractivity contribution < 1.29 is 89.7 Å². The Morgan fingerprint density at radius 1 is 0.371 bits per heavy atom. The molecule has 0 saturated heterocycles. The number of carbonyl (C=O) groups excluding carboxylic acids is 8. The summed E-state index contributed by atoms with van der Waals surface area (Å²) in [7, 11) is 1.00. The summed E-state index contributed by atoms with van der Waals surface area (Å²) in [6.45, 7) is 54.1. The molecule has 790 valence electrons. The largest absolute Gasteiger partial charge is 0.480 e. The van der Waals surface area contributed by atoms with Crippen LogP contribution in [-0.2, 0) is 47.7 Å². The molecule has 26 nitrogen and oxygen atoms in total. The molecule has 0 spiro atoms. The van der Waals surface area contributed by atoms with Crippen LogP contribution in [0.1, 0.15) is 318 Å². The van der Waals surface area contributed by atoms with E-state index in [1.807, 2.05) is 137 Å². The molecular formula is C113H183IN8O18. The molecule has 0 aromatic heterocycles. The van der Waals surface area contributed by atoms with Crippen LogP contribution in [-0.4, -0.2) is 177 Å². The maximum atomic E-state index is 12.5. The van der Waals surface area contributed by atoms with Crippen molar-refractivity contribution in [3.63, 3.8) is 0 Å². The molecule has 10 unspecified atom stereocenters. The van der Waals surface area contributed by atoms with Gasteiger partial charge in [-0.1, -0.05) is 316 Å². The van der Waals surface area contributed by atoms with Gasteiger partial charge in [0.1, 0.15) is 62.2 Å². The highest BCUT2D eigenvalue weighted by Gasteiger charge is 2.33. The van der Waals surface area contributed by atoms with Gasteiger partial charge in [-0.25, -0.2) is 24.0 Å². The van der Waals surface area contributed by atoms with Gasteiger partial charge in [-0.05, 0) is 220 Å². The zero-order valence-corrected chi connectivity index (χ0v) is 91.4. The number of aliphatic carboxylic acids is 2. The molecule has 12 N–H and O–H groups in total. The van der Waals surface area contributed by atoms with Crippen molar-refractivity contribution in [2.45, 2.75) is 293 Å².